The van der Waals surface area contributed by atoms with E-state index in [1.807, 2.05) is 41.5 Å². The third-order valence-corrected chi connectivity index (χ3v) is 2.94. The van der Waals surface area contributed by atoms with Gasteiger partial charge in [-0.1, -0.05) is 34.6 Å². The summed E-state index contributed by atoms with van der Waals surface area (Å²) in [6, 6.07) is 0. The van der Waals surface area contributed by atoms with Gasteiger partial charge in [-0.25, -0.2) is 0 Å². The fourth-order valence-corrected chi connectivity index (χ4v) is 1.68. The Labute approximate surface area is 96.0 Å². The molecule has 1 heterocycles. The predicted octanol–water partition coefficient (Wildman–Crippen LogP) is 3.62. The normalized spacial score (nSPS) is 39.4. The van der Waals surface area contributed by atoms with Crippen molar-refractivity contribution in [3.8, 4) is 0 Å². The Balaban J connectivity index is 0. The monoisotopic (exact) mass is 218 g/mol. The Morgan fingerprint density at radius 3 is 1.80 bits per heavy atom. The van der Waals surface area contributed by atoms with Gasteiger partial charge in [-0.05, 0) is 33.1 Å². The Morgan fingerprint density at radius 2 is 1.47 bits per heavy atom. The van der Waals surface area contributed by atoms with Crippen LogP contribution in [0.15, 0.2) is 0 Å². The van der Waals surface area contributed by atoms with Gasteiger partial charge in [0.05, 0.1) is 17.8 Å². The van der Waals surface area contributed by atoms with Crippen LogP contribution in [-0.2, 0) is 4.74 Å². The molecule has 1 aliphatic rings. The van der Waals surface area contributed by atoms with Gasteiger partial charge >= 0.3 is 0 Å². The molecule has 15 heavy (non-hydrogen) atoms. The highest BCUT2D eigenvalue weighted by Gasteiger charge is 2.40. The van der Waals surface area contributed by atoms with Crippen molar-refractivity contribution in [2.45, 2.75) is 79.6 Å². The maximum absolute atomic E-state index is 9.90. The van der Waals surface area contributed by atoms with E-state index < -0.39 is 5.60 Å². The largest absolute Gasteiger partial charge is 0.387 e. The van der Waals surface area contributed by atoms with Crippen LogP contribution in [0.4, 0.5) is 0 Å². The fraction of sp³-hybridized carbons (Fsp3) is 1.00. The molecule has 0 radical (unpaired) electrons. The Bertz CT molecular complexity index is 129. The molecule has 1 saturated heterocycles. The van der Waals surface area contributed by atoms with E-state index in [-0.39, 0.29) is 6.10 Å². The lowest BCUT2D eigenvalue weighted by Crippen LogP contribution is -2.51. The second-order valence-corrected chi connectivity index (χ2v) is 3.95. The highest BCUT2D eigenvalue weighted by Crippen LogP contribution is 2.33. The van der Waals surface area contributed by atoms with Gasteiger partial charge in [0, 0.05) is 0 Å². The maximum Gasteiger partial charge on any atom is 0.0903 e. The van der Waals surface area contributed by atoms with Crippen molar-refractivity contribution in [3.63, 3.8) is 0 Å². The first-order chi connectivity index (χ1) is 6.94. The van der Waals surface area contributed by atoms with Crippen molar-refractivity contribution in [3.05, 3.63) is 0 Å². The van der Waals surface area contributed by atoms with E-state index in [4.69, 9.17) is 4.74 Å². The van der Waals surface area contributed by atoms with E-state index in [9.17, 15) is 5.11 Å². The molecule has 0 saturated carbocycles. The molecule has 0 aliphatic carbocycles. The van der Waals surface area contributed by atoms with E-state index in [0.29, 0.717) is 12.0 Å². The summed E-state index contributed by atoms with van der Waals surface area (Å²) in [4.78, 5) is 0. The van der Waals surface area contributed by atoms with E-state index in [0.717, 1.165) is 6.42 Å². The lowest BCUT2D eigenvalue weighted by atomic mass is 9.80. The Kier molecular flexibility index (Phi) is 9.37. The first-order valence-corrected chi connectivity index (χ1v) is 6.32. The third-order valence-electron chi connectivity index (χ3n) is 2.94. The van der Waals surface area contributed by atoms with Crippen molar-refractivity contribution >= 4 is 0 Å². The van der Waals surface area contributed by atoms with Crippen molar-refractivity contribution in [2.24, 2.45) is 5.92 Å². The zero-order valence-corrected chi connectivity index (χ0v) is 11.8. The maximum atomic E-state index is 9.90. The summed E-state index contributed by atoms with van der Waals surface area (Å²) in [6.45, 7) is 15.9. The summed E-state index contributed by atoms with van der Waals surface area (Å²) in [5, 5.41) is 9.90. The molecular formula is C13H30O2. The van der Waals surface area contributed by atoms with Crippen LogP contribution in [0.1, 0.15) is 61.8 Å². The average Bonchev–Trinajstić information content (AvgIpc) is 2.21. The molecule has 2 nitrogen and oxygen atoms in total. The molecule has 0 amide bonds. The van der Waals surface area contributed by atoms with E-state index in [1.54, 1.807) is 0 Å². The molecule has 0 aromatic rings. The van der Waals surface area contributed by atoms with Crippen LogP contribution in [0.5, 0.6) is 0 Å². The molecule has 4 unspecified atom stereocenters. The molecule has 1 N–H and O–H groups in total. The minimum atomic E-state index is -0.646. The molecule has 1 fully saturated rings. The van der Waals surface area contributed by atoms with Gasteiger partial charge in [0.25, 0.3) is 0 Å². The van der Waals surface area contributed by atoms with Crippen LogP contribution >= 0.6 is 0 Å². The van der Waals surface area contributed by atoms with Crippen molar-refractivity contribution in [1.29, 1.82) is 0 Å². The number of hydrogen-bond donors (Lipinski definition) is 1. The zero-order chi connectivity index (χ0) is 12.6. The summed E-state index contributed by atoms with van der Waals surface area (Å²) >= 11 is 0. The second kappa shape index (κ2) is 8.12. The number of rotatable bonds is 0. The average molecular weight is 218 g/mol. The molecule has 0 aromatic heterocycles. The summed E-state index contributed by atoms with van der Waals surface area (Å²) < 4.78 is 5.52. The van der Waals surface area contributed by atoms with Crippen LogP contribution in [-0.4, -0.2) is 22.9 Å². The SMILES string of the molecule is CC.CC.CC1CC(C)C(C)(O)C(C)O1. The minimum Gasteiger partial charge on any atom is -0.387 e. The van der Waals surface area contributed by atoms with E-state index in [1.165, 1.54) is 0 Å². The highest BCUT2D eigenvalue weighted by molar-refractivity contribution is 4.90. The third kappa shape index (κ3) is 4.98. The summed E-state index contributed by atoms with van der Waals surface area (Å²) in [7, 11) is 0. The first kappa shape index (κ1) is 17.3. The van der Waals surface area contributed by atoms with Crippen LogP contribution in [0.25, 0.3) is 0 Å². The van der Waals surface area contributed by atoms with Crippen LogP contribution in [0.2, 0.25) is 0 Å². The predicted molar refractivity (Wildman–Crippen MR) is 67.1 cm³/mol. The summed E-state index contributed by atoms with van der Waals surface area (Å²) in [5.41, 5.74) is -0.646. The zero-order valence-electron chi connectivity index (χ0n) is 11.8. The molecule has 0 aromatic carbocycles. The van der Waals surface area contributed by atoms with Gasteiger partial charge < -0.3 is 9.84 Å². The quantitative estimate of drug-likeness (QED) is 0.673. The van der Waals surface area contributed by atoms with Gasteiger partial charge in [0.2, 0.25) is 0 Å². The molecule has 1 aliphatic heterocycles. The lowest BCUT2D eigenvalue weighted by molar-refractivity contribution is -0.182. The van der Waals surface area contributed by atoms with Crippen molar-refractivity contribution < 1.29 is 9.84 Å². The van der Waals surface area contributed by atoms with Crippen LogP contribution < -0.4 is 0 Å². The highest BCUT2D eigenvalue weighted by atomic mass is 16.5. The molecule has 0 bridgehead atoms. The molecule has 4 atom stereocenters. The number of aliphatic hydroxyl groups is 1. The molecule has 0 spiro atoms. The minimum absolute atomic E-state index is 0.0405. The van der Waals surface area contributed by atoms with Crippen molar-refractivity contribution in [1.82, 2.24) is 0 Å². The summed E-state index contributed by atoms with van der Waals surface area (Å²) in [5.74, 6) is 0.334. The number of hydrogen-bond acceptors (Lipinski definition) is 2. The van der Waals surface area contributed by atoms with Gasteiger partial charge in [-0.15, -0.1) is 0 Å². The number of ether oxygens (including phenoxy) is 1. The van der Waals surface area contributed by atoms with Gasteiger partial charge in [-0.3, -0.25) is 0 Å². The van der Waals surface area contributed by atoms with Gasteiger partial charge in [0.1, 0.15) is 0 Å². The first-order valence-electron chi connectivity index (χ1n) is 6.32. The lowest BCUT2D eigenvalue weighted by Gasteiger charge is -2.43. The van der Waals surface area contributed by atoms with Gasteiger partial charge in [-0.2, -0.15) is 0 Å². The van der Waals surface area contributed by atoms with E-state index in [2.05, 4.69) is 13.8 Å². The molecular weight excluding hydrogens is 188 g/mol. The van der Waals surface area contributed by atoms with E-state index >= 15 is 0 Å². The second-order valence-electron chi connectivity index (χ2n) is 3.95. The smallest absolute Gasteiger partial charge is 0.0903 e. The van der Waals surface area contributed by atoms with Crippen LogP contribution in [0, 0.1) is 5.92 Å². The van der Waals surface area contributed by atoms with Crippen LogP contribution in [0.3, 0.4) is 0 Å². The van der Waals surface area contributed by atoms with Crippen molar-refractivity contribution in [2.75, 3.05) is 0 Å². The molecule has 94 valence electrons. The Morgan fingerprint density at radius 1 is 1.07 bits per heavy atom. The fourth-order valence-electron chi connectivity index (χ4n) is 1.68. The topological polar surface area (TPSA) is 29.5 Å². The standard InChI is InChI=1S/C9H18O2.2C2H6/c1-6-5-7(2)11-8(3)9(6,4)10;2*1-2/h6-8,10H,5H2,1-4H3;2*1-2H3. The Hall–Kier alpha value is -0.0800. The summed E-state index contributed by atoms with van der Waals surface area (Å²) in [6.07, 6.45) is 1.21. The molecule has 2 heteroatoms. The van der Waals surface area contributed by atoms with Gasteiger partial charge in [0.15, 0.2) is 0 Å². The molecule has 1 rings (SSSR count).